The first-order valence-corrected chi connectivity index (χ1v) is 9.57. The lowest BCUT2D eigenvalue weighted by Gasteiger charge is -2.32. The SMILES string of the molecule is CN1CCC[C@@H]1[C@@H]1CCCN1Cc1cnc(-c2ccccc2)s1. The summed E-state index contributed by atoms with van der Waals surface area (Å²) in [4.78, 5) is 11.3. The van der Waals surface area contributed by atoms with Crippen molar-refractivity contribution in [2.45, 2.75) is 44.3 Å². The molecule has 0 saturated carbocycles. The number of thiazole rings is 1. The smallest absolute Gasteiger partial charge is 0.123 e. The quantitative estimate of drug-likeness (QED) is 0.850. The van der Waals surface area contributed by atoms with Gasteiger partial charge >= 0.3 is 0 Å². The molecule has 122 valence electrons. The Kier molecular flexibility index (Phi) is 4.47. The fourth-order valence-electron chi connectivity index (χ4n) is 4.20. The first-order chi connectivity index (χ1) is 11.3. The van der Waals surface area contributed by atoms with Gasteiger partial charge in [-0.3, -0.25) is 4.90 Å². The Hall–Kier alpha value is -1.23. The van der Waals surface area contributed by atoms with Gasteiger partial charge in [-0.15, -0.1) is 11.3 Å². The van der Waals surface area contributed by atoms with Crippen molar-refractivity contribution >= 4 is 11.3 Å². The van der Waals surface area contributed by atoms with Gasteiger partial charge in [0.05, 0.1) is 0 Å². The van der Waals surface area contributed by atoms with Gasteiger partial charge in [-0.2, -0.15) is 0 Å². The van der Waals surface area contributed by atoms with Crippen LogP contribution < -0.4 is 0 Å². The lowest BCUT2D eigenvalue weighted by Crippen LogP contribution is -2.44. The Morgan fingerprint density at radius 3 is 2.65 bits per heavy atom. The van der Waals surface area contributed by atoms with Gasteiger partial charge in [0.25, 0.3) is 0 Å². The third kappa shape index (κ3) is 3.21. The van der Waals surface area contributed by atoms with E-state index in [2.05, 4.69) is 58.4 Å². The Morgan fingerprint density at radius 2 is 1.87 bits per heavy atom. The summed E-state index contributed by atoms with van der Waals surface area (Å²) < 4.78 is 0. The summed E-state index contributed by atoms with van der Waals surface area (Å²) in [5.74, 6) is 0. The summed E-state index contributed by atoms with van der Waals surface area (Å²) in [5.41, 5.74) is 1.23. The van der Waals surface area contributed by atoms with E-state index in [9.17, 15) is 0 Å². The normalized spacial score (nSPS) is 26.1. The van der Waals surface area contributed by atoms with Crippen molar-refractivity contribution < 1.29 is 0 Å². The second-order valence-corrected chi connectivity index (χ2v) is 7.98. The van der Waals surface area contributed by atoms with Crippen molar-refractivity contribution in [2.75, 3.05) is 20.1 Å². The van der Waals surface area contributed by atoms with E-state index < -0.39 is 0 Å². The van der Waals surface area contributed by atoms with E-state index in [4.69, 9.17) is 0 Å². The van der Waals surface area contributed by atoms with Gasteiger partial charge in [0.1, 0.15) is 5.01 Å². The van der Waals surface area contributed by atoms with E-state index in [1.807, 2.05) is 11.3 Å². The number of hydrogen-bond donors (Lipinski definition) is 0. The summed E-state index contributed by atoms with van der Waals surface area (Å²) in [6.45, 7) is 3.58. The average Bonchev–Trinajstić information content (AvgIpc) is 3.30. The predicted molar refractivity (Wildman–Crippen MR) is 96.6 cm³/mol. The molecule has 4 rings (SSSR count). The lowest BCUT2D eigenvalue weighted by atomic mass is 10.0. The van der Waals surface area contributed by atoms with E-state index in [0.29, 0.717) is 0 Å². The first kappa shape index (κ1) is 15.3. The van der Waals surface area contributed by atoms with Crippen molar-refractivity contribution in [1.29, 1.82) is 0 Å². The largest absolute Gasteiger partial charge is 0.302 e. The average molecular weight is 327 g/mol. The monoisotopic (exact) mass is 327 g/mol. The molecule has 2 atom stereocenters. The minimum Gasteiger partial charge on any atom is -0.302 e. The number of hydrogen-bond acceptors (Lipinski definition) is 4. The Bertz CT molecular complexity index is 639. The summed E-state index contributed by atoms with van der Waals surface area (Å²) in [5, 5.41) is 1.15. The van der Waals surface area contributed by atoms with Gasteiger partial charge in [0.2, 0.25) is 0 Å². The van der Waals surface area contributed by atoms with Crippen LogP contribution in [0.5, 0.6) is 0 Å². The maximum absolute atomic E-state index is 4.65. The molecule has 1 aromatic carbocycles. The van der Waals surface area contributed by atoms with E-state index in [0.717, 1.165) is 23.6 Å². The molecule has 23 heavy (non-hydrogen) atoms. The minimum absolute atomic E-state index is 0.741. The third-order valence-corrected chi connectivity index (χ3v) is 6.40. The van der Waals surface area contributed by atoms with E-state index in [1.165, 1.54) is 49.2 Å². The summed E-state index contributed by atoms with van der Waals surface area (Å²) >= 11 is 1.85. The molecule has 0 unspecified atom stereocenters. The van der Waals surface area contributed by atoms with Crippen LogP contribution in [-0.4, -0.2) is 47.0 Å². The van der Waals surface area contributed by atoms with Crippen LogP contribution in [0.3, 0.4) is 0 Å². The van der Waals surface area contributed by atoms with Crippen molar-refractivity contribution in [1.82, 2.24) is 14.8 Å². The maximum atomic E-state index is 4.65. The Labute approximate surface area is 143 Å². The highest BCUT2D eigenvalue weighted by Gasteiger charge is 2.36. The van der Waals surface area contributed by atoms with Gasteiger partial charge in [0.15, 0.2) is 0 Å². The van der Waals surface area contributed by atoms with Gasteiger partial charge < -0.3 is 4.90 Å². The zero-order valence-corrected chi connectivity index (χ0v) is 14.6. The van der Waals surface area contributed by atoms with E-state index >= 15 is 0 Å². The molecule has 2 aromatic rings. The van der Waals surface area contributed by atoms with Crippen LogP contribution in [0.1, 0.15) is 30.6 Å². The van der Waals surface area contributed by atoms with Crippen molar-refractivity contribution in [3.63, 3.8) is 0 Å². The van der Waals surface area contributed by atoms with Crippen LogP contribution in [0.25, 0.3) is 10.6 Å². The molecule has 4 heteroatoms. The molecule has 0 bridgehead atoms. The van der Waals surface area contributed by atoms with Gasteiger partial charge in [-0.1, -0.05) is 30.3 Å². The highest BCUT2D eigenvalue weighted by atomic mass is 32.1. The van der Waals surface area contributed by atoms with Crippen LogP contribution in [0.2, 0.25) is 0 Å². The predicted octanol–water partition coefficient (Wildman–Crippen LogP) is 3.87. The van der Waals surface area contributed by atoms with Crippen LogP contribution in [0.4, 0.5) is 0 Å². The summed E-state index contributed by atoms with van der Waals surface area (Å²) in [6, 6.07) is 12.0. The number of likely N-dealkylation sites (N-methyl/N-ethyl adjacent to an activating group) is 1. The zero-order valence-electron chi connectivity index (χ0n) is 13.8. The topological polar surface area (TPSA) is 19.4 Å². The van der Waals surface area contributed by atoms with Gasteiger partial charge in [0, 0.05) is 35.3 Å². The van der Waals surface area contributed by atoms with E-state index in [1.54, 1.807) is 0 Å². The molecule has 0 spiro atoms. The van der Waals surface area contributed by atoms with Crippen LogP contribution in [0, 0.1) is 0 Å². The highest BCUT2D eigenvalue weighted by molar-refractivity contribution is 7.15. The molecule has 2 fully saturated rings. The molecule has 0 amide bonds. The molecule has 0 aliphatic carbocycles. The second-order valence-electron chi connectivity index (χ2n) is 6.87. The highest BCUT2D eigenvalue weighted by Crippen LogP contribution is 2.32. The molecular formula is C19H25N3S. The fourth-order valence-corrected chi connectivity index (χ4v) is 5.14. The van der Waals surface area contributed by atoms with Gasteiger partial charge in [-0.05, 0) is 45.8 Å². The Morgan fingerprint density at radius 1 is 1.09 bits per heavy atom. The van der Waals surface area contributed by atoms with Crippen molar-refractivity contribution in [3.8, 4) is 10.6 Å². The van der Waals surface area contributed by atoms with Crippen molar-refractivity contribution in [2.24, 2.45) is 0 Å². The molecule has 0 N–H and O–H groups in total. The Balaban J connectivity index is 1.46. The first-order valence-electron chi connectivity index (χ1n) is 8.76. The lowest BCUT2D eigenvalue weighted by molar-refractivity contribution is 0.148. The molecule has 0 radical (unpaired) electrons. The maximum Gasteiger partial charge on any atom is 0.123 e. The minimum atomic E-state index is 0.741. The molecule has 3 heterocycles. The zero-order chi connectivity index (χ0) is 15.6. The van der Waals surface area contributed by atoms with Crippen LogP contribution >= 0.6 is 11.3 Å². The van der Waals surface area contributed by atoms with Gasteiger partial charge in [-0.25, -0.2) is 4.98 Å². The third-order valence-electron chi connectivity index (χ3n) is 5.37. The number of benzene rings is 1. The number of nitrogens with zero attached hydrogens (tertiary/aromatic N) is 3. The van der Waals surface area contributed by atoms with Crippen LogP contribution in [0.15, 0.2) is 36.5 Å². The summed E-state index contributed by atoms with van der Waals surface area (Å²) in [6.07, 6.45) is 7.53. The summed E-state index contributed by atoms with van der Waals surface area (Å²) in [7, 11) is 2.30. The number of aromatic nitrogens is 1. The molecule has 1 aromatic heterocycles. The molecule has 2 saturated heterocycles. The molecular weight excluding hydrogens is 302 g/mol. The second kappa shape index (κ2) is 6.71. The van der Waals surface area contributed by atoms with Crippen LogP contribution in [-0.2, 0) is 6.54 Å². The molecule has 3 nitrogen and oxygen atoms in total. The number of rotatable bonds is 4. The molecule has 2 aliphatic heterocycles. The fraction of sp³-hybridized carbons (Fsp3) is 0.526. The van der Waals surface area contributed by atoms with Crippen molar-refractivity contribution in [3.05, 3.63) is 41.4 Å². The molecule has 2 aliphatic rings. The standard InChI is InChI=1S/C19H25N3S/c1-21-11-5-9-17(21)18-10-6-12-22(18)14-16-13-20-19(23-16)15-7-3-2-4-8-15/h2-4,7-8,13,17-18H,5-6,9-12,14H2,1H3/t17-,18+/m1/s1. The van der Waals surface area contributed by atoms with E-state index in [-0.39, 0.29) is 0 Å². The number of likely N-dealkylation sites (tertiary alicyclic amines) is 2.